The predicted octanol–water partition coefficient (Wildman–Crippen LogP) is 4.71. The van der Waals surface area contributed by atoms with Crippen molar-refractivity contribution < 1.29 is 27.4 Å². The summed E-state index contributed by atoms with van der Waals surface area (Å²) in [6, 6.07) is 12.4. The lowest BCUT2D eigenvalue weighted by atomic mass is 10.3. The molecule has 0 radical (unpaired) electrons. The number of methoxy groups -OCH3 is 1. The number of anilines is 1. The quantitative estimate of drug-likeness (QED) is 0.747. The molecule has 4 nitrogen and oxygen atoms in total. The number of hydrogen-bond acceptors (Lipinski definition) is 4. The third kappa shape index (κ3) is 6.22. The van der Waals surface area contributed by atoms with Crippen molar-refractivity contribution in [2.75, 3.05) is 12.4 Å². The Morgan fingerprint density at radius 2 is 1.80 bits per heavy atom. The third-order valence-electron chi connectivity index (χ3n) is 3.08. The molecule has 0 saturated heterocycles. The lowest BCUT2D eigenvalue weighted by Gasteiger charge is -2.14. The first-order valence-corrected chi connectivity index (χ1v) is 8.12. The van der Waals surface area contributed by atoms with Crippen molar-refractivity contribution in [1.82, 2.24) is 0 Å². The fourth-order valence-corrected chi connectivity index (χ4v) is 2.79. The van der Waals surface area contributed by atoms with Crippen molar-refractivity contribution in [3.05, 3.63) is 48.5 Å². The molecule has 8 heteroatoms. The van der Waals surface area contributed by atoms with E-state index in [9.17, 15) is 18.0 Å². The van der Waals surface area contributed by atoms with E-state index in [1.807, 2.05) is 12.1 Å². The van der Waals surface area contributed by atoms with Crippen LogP contribution in [0.15, 0.2) is 53.4 Å². The monoisotopic (exact) mass is 371 g/mol. The van der Waals surface area contributed by atoms with Crippen LogP contribution in [-0.4, -0.2) is 24.6 Å². The first-order valence-electron chi connectivity index (χ1n) is 7.24. The molecule has 0 bridgehead atoms. The molecule has 1 atom stereocenters. The number of rotatable bonds is 6. The molecule has 2 aromatic rings. The van der Waals surface area contributed by atoms with E-state index in [1.54, 1.807) is 26.2 Å². The van der Waals surface area contributed by atoms with Gasteiger partial charge in [0.15, 0.2) is 0 Å². The molecule has 134 valence electrons. The van der Waals surface area contributed by atoms with Gasteiger partial charge < -0.3 is 14.8 Å². The Morgan fingerprint density at radius 1 is 1.12 bits per heavy atom. The van der Waals surface area contributed by atoms with E-state index in [0.29, 0.717) is 5.75 Å². The van der Waals surface area contributed by atoms with Crippen LogP contribution in [-0.2, 0) is 4.79 Å². The molecule has 25 heavy (non-hydrogen) atoms. The number of amides is 1. The number of thioether (sulfide) groups is 1. The highest BCUT2D eigenvalue weighted by atomic mass is 32.2. The second-order valence-corrected chi connectivity index (χ2v) is 6.41. The molecule has 0 heterocycles. The Morgan fingerprint density at radius 3 is 2.40 bits per heavy atom. The minimum Gasteiger partial charge on any atom is -0.497 e. The van der Waals surface area contributed by atoms with Crippen LogP contribution in [0.4, 0.5) is 18.9 Å². The molecule has 0 aliphatic rings. The molecule has 1 amide bonds. The Hall–Kier alpha value is -2.35. The van der Waals surface area contributed by atoms with Gasteiger partial charge in [0.2, 0.25) is 5.91 Å². The van der Waals surface area contributed by atoms with Crippen molar-refractivity contribution in [3.63, 3.8) is 0 Å². The van der Waals surface area contributed by atoms with Crippen LogP contribution in [0.25, 0.3) is 0 Å². The molecule has 2 rings (SSSR count). The van der Waals surface area contributed by atoms with Gasteiger partial charge in [-0.1, -0.05) is 6.07 Å². The average molecular weight is 371 g/mol. The van der Waals surface area contributed by atoms with Crippen molar-refractivity contribution in [2.24, 2.45) is 0 Å². The fraction of sp³-hybridized carbons (Fsp3) is 0.235. The van der Waals surface area contributed by atoms with E-state index < -0.39 is 11.6 Å². The van der Waals surface area contributed by atoms with Gasteiger partial charge in [-0.25, -0.2) is 0 Å². The van der Waals surface area contributed by atoms with Crippen LogP contribution in [0.3, 0.4) is 0 Å². The summed E-state index contributed by atoms with van der Waals surface area (Å²) in [5.41, 5.74) is 0.230. The molecule has 0 fully saturated rings. The molecule has 2 aromatic carbocycles. The van der Waals surface area contributed by atoms with Crippen LogP contribution in [0.5, 0.6) is 11.5 Å². The van der Waals surface area contributed by atoms with Crippen LogP contribution in [0, 0.1) is 0 Å². The number of ether oxygens (including phenoxy) is 2. The van der Waals surface area contributed by atoms with E-state index >= 15 is 0 Å². The molecule has 0 aliphatic carbocycles. The van der Waals surface area contributed by atoms with E-state index in [2.05, 4.69) is 10.1 Å². The molecule has 1 unspecified atom stereocenters. The summed E-state index contributed by atoms with van der Waals surface area (Å²) in [5.74, 6) is -0.00586. The number of carbonyl (C=O) groups is 1. The number of hydrogen-bond donors (Lipinski definition) is 1. The summed E-state index contributed by atoms with van der Waals surface area (Å²) < 4.78 is 45.6. The van der Waals surface area contributed by atoms with E-state index in [-0.39, 0.29) is 17.3 Å². The highest BCUT2D eigenvalue weighted by Crippen LogP contribution is 2.28. The van der Waals surface area contributed by atoms with Crippen LogP contribution >= 0.6 is 11.8 Å². The standard InChI is InChI=1S/C17H16F3NO3S/c1-11(25-15-8-6-13(23-2)7-9-15)16(22)21-12-4-3-5-14(10-12)24-17(18,19)20/h3-11H,1-2H3,(H,21,22). The van der Waals surface area contributed by atoms with Crippen molar-refractivity contribution in [3.8, 4) is 11.5 Å². The summed E-state index contributed by atoms with van der Waals surface area (Å²) in [4.78, 5) is 13.1. The van der Waals surface area contributed by atoms with Crippen molar-refractivity contribution in [1.29, 1.82) is 0 Å². The predicted molar refractivity (Wildman–Crippen MR) is 90.1 cm³/mol. The maximum atomic E-state index is 12.2. The number of alkyl halides is 3. The summed E-state index contributed by atoms with van der Waals surface area (Å²) in [5, 5.41) is 2.13. The molecule has 0 spiro atoms. The van der Waals surface area contributed by atoms with Gasteiger partial charge in [-0.2, -0.15) is 0 Å². The van der Waals surface area contributed by atoms with Crippen molar-refractivity contribution in [2.45, 2.75) is 23.4 Å². The minimum atomic E-state index is -4.78. The molecular formula is C17H16F3NO3S. The van der Waals surface area contributed by atoms with Gasteiger partial charge in [-0.15, -0.1) is 24.9 Å². The SMILES string of the molecule is COc1ccc(SC(C)C(=O)Nc2cccc(OC(F)(F)F)c2)cc1. The topological polar surface area (TPSA) is 47.6 Å². The highest BCUT2D eigenvalue weighted by Gasteiger charge is 2.31. The van der Waals surface area contributed by atoms with E-state index in [4.69, 9.17) is 4.74 Å². The number of nitrogens with one attached hydrogen (secondary N) is 1. The summed E-state index contributed by atoms with van der Waals surface area (Å²) in [6.07, 6.45) is -4.78. The molecule has 0 aromatic heterocycles. The highest BCUT2D eigenvalue weighted by molar-refractivity contribution is 8.00. The summed E-state index contributed by atoms with van der Waals surface area (Å²) >= 11 is 1.33. The van der Waals surface area contributed by atoms with Gasteiger partial charge in [0, 0.05) is 16.6 Å². The minimum absolute atomic E-state index is 0.230. The van der Waals surface area contributed by atoms with Crippen molar-refractivity contribution >= 4 is 23.4 Å². The Labute approximate surface area is 147 Å². The fourth-order valence-electron chi connectivity index (χ4n) is 1.93. The summed E-state index contributed by atoms with van der Waals surface area (Å²) in [7, 11) is 1.56. The largest absolute Gasteiger partial charge is 0.573 e. The van der Waals surface area contributed by atoms with E-state index in [1.165, 1.54) is 30.0 Å². The molecule has 1 N–H and O–H groups in total. The van der Waals surface area contributed by atoms with Gasteiger partial charge in [0.25, 0.3) is 0 Å². The lowest BCUT2D eigenvalue weighted by Crippen LogP contribution is -2.22. The Balaban J connectivity index is 1.97. The Kier molecular flexibility index (Phi) is 6.19. The van der Waals surface area contributed by atoms with Gasteiger partial charge in [-0.3, -0.25) is 4.79 Å². The zero-order chi connectivity index (χ0) is 18.4. The first-order chi connectivity index (χ1) is 11.8. The number of carbonyl (C=O) groups excluding carboxylic acids is 1. The average Bonchev–Trinajstić information content (AvgIpc) is 2.54. The van der Waals surface area contributed by atoms with E-state index in [0.717, 1.165) is 11.0 Å². The zero-order valence-electron chi connectivity index (χ0n) is 13.5. The van der Waals surface area contributed by atoms with Gasteiger partial charge >= 0.3 is 6.36 Å². The molecular weight excluding hydrogens is 355 g/mol. The number of halogens is 3. The maximum absolute atomic E-state index is 12.2. The second kappa shape index (κ2) is 8.15. The number of benzene rings is 2. The maximum Gasteiger partial charge on any atom is 0.573 e. The Bertz CT molecular complexity index is 720. The smallest absolute Gasteiger partial charge is 0.497 e. The zero-order valence-corrected chi connectivity index (χ0v) is 14.3. The van der Waals surface area contributed by atoms with Gasteiger partial charge in [-0.05, 0) is 43.3 Å². The first kappa shape index (κ1) is 19.0. The summed E-state index contributed by atoms with van der Waals surface area (Å²) in [6.45, 7) is 1.71. The lowest BCUT2D eigenvalue weighted by molar-refractivity contribution is -0.274. The van der Waals surface area contributed by atoms with Crippen LogP contribution < -0.4 is 14.8 Å². The van der Waals surface area contributed by atoms with Crippen LogP contribution in [0.1, 0.15) is 6.92 Å². The molecule has 0 aliphatic heterocycles. The molecule has 0 saturated carbocycles. The normalized spacial score (nSPS) is 12.4. The third-order valence-corrected chi connectivity index (χ3v) is 4.19. The van der Waals surface area contributed by atoms with Crippen LogP contribution in [0.2, 0.25) is 0 Å². The van der Waals surface area contributed by atoms with Gasteiger partial charge in [0.05, 0.1) is 12.4 Å². The second-order valence-electron chi connectivity index (χ2n) is 5.00. The van der Waals surface area contributed by atoms with Gasteiger partial charge in [0.1, 0.15) is 11.5 Å².